The van der Waals surface area contributed by atoms with Crippen LogP contribution in [0.4, 0.5) is 0 Å². The molecule has 1 unspecified atom stereocenters. The van der Waals surface area contributed by atoms with Gasteiger partial charge in [0.25, 0.3) is 5.91 Å². The highest BCUT2D eigenvalue weighted by atomic mass is 32.2. The summed E-state index contributed by atoms with van der Waals surface area (Å²) in [4.78, 5) is 23.7. The molecule has 12 nitrogen and oxygen atoms in total. The molecular formula is C18H29N7O5S. The number of carbonyl (C=O) groups excluding carboxylic acids is 1. The number of aliphatic imine (C=N–C) groups is 2. The predicted molar refractivity (Wildman–Crippen MR) is 113 cm³/mol. The number of ether oxygens (including phenoxy) is 2. The van der Waals surface area contributed by atoms with Crippen molar-refractivity contribution < 1.29 is 22.7 Å². The first-order valence-electron chi connectivity index (χ1n) is 10.3. The number of amidine groups is 1. The number of carbonyl (C=O) groups is 1. The van der Waals surface area contributed by atoms with Crippen LogP contribution >= 0.6 is 0 Å². The van der Waals surface area contributed by atoms with E-state index in [0.717, 1.165) is 12.8 Å². The molecule has 0 bridgehead atoms. The fraction of sp³-hybridized carbons (Fsp3) is 0.722. The maximum absolute atomic E-state index is 12.9. The summed E-state index contributed by atoms with van der Waals surface area (Å²) in [6.45, 7) is 2.01. The first kappa shape index (κ1) is 22.1. The molecule has 1 amide bonds. The summed E-state index contributed by atoms with van der Waals surface area (Å²) < 4.78 is 35.7. The summed E-state index contributed by atoms with van der Waals surface area (Å²) in [5, 5.41) is 5.89. The number of piperidine rings is 1. The van der Waals surface area contributed by atoms with Gasteiger partial charge in [-0.1, -0.05) is 0 Å². The largest absolute Gasteiger partial charge is 0.480 e. The number of nitrogens with zero attached hydrogens (tertiary/aromatic N) is 4. The third-order valence-corrected chi connectivity index (χ3v) is 7.17. The van der Waals surface area contributed by atoms with E-state index in [4.69, 9.17) is 15.2 Å². The van der Waals surface area contributed by atoms with Gasteiger partial charge in [0.1, 0.15) is 0 Å². The SMILES string of the molecule is COC1=CN(C2CCOCC2)C2=NC(N)(NC3CCN(S(C)(=O)=O)CC3)NC(=O)C2=N1. The van der Waals surface area contributed by atoms with Crippen LogP contribution in [0.15, 0.2) is 22.1 Å². The average Bonchev–Trinajstić information content (AvgIpc) is 2.73. The van der Waals surface area contributed by atoms with E-state index in [0.29, 0.717) is 50.9 Å². The number of sulfonamides is 1. The molecule has 0 saturated carbocycles. The molecule has 2 fully saturated rings. The summed E-state index contributed by atoms with van der Waals surface area (Å²) in [6.07, 6.45) is 5.61. The van der Waals surface area contributed by atoms with Crippen molar-refractivity contribution in [2.45, 2.75) is 43.7 Å². The Balaban J connectivity index is 1.56. The van der Waals surface area contributed by atoms with Crippen molar-refractivity contribution in [1.29, 1.82) is 0 Å². The molecular weight excluding hydrogens is 426 g/mol. The molecule has 13 heteroatoms. The van der Waals surface area contributed by atoms with Gasteiger partial charge in [-0.15, -0.1) is 0 Å². The Morgan fingerprint density at radius 3 is 2.58 bits per heavy atom. The van der Waals surface area contributed by atoms with Crippen LogP contribution in [0.1, 0.15) is 25.7 Å². The van der Waals surface area contributed by atoms with Crippen LogP contribution in [0.2, 0.25) is 0 Å². The van der Waals surface area contributed by atoms with Gasteiger partial charge < -0.3 is 19.7 Å². The summed E-state index contributed by atoms with van der Waals surface area (Å²) in [7, 11) is -1.73. The summed E-state index contributed by atoms with van der Waals surface area (Å²) in [5.41, 5.74) is 6.60. The molecule has 4 heterocycles. The van der Waals surface area contributed by atoms with Gasteiger partial charge in [0, 0.05) is 38.4 Å². The first-order chi connectivity index (χ1) is 14.7. The topological polar surface area (TPSA) is 151 Å². The van der Waals surface area contributed by atoms with Crippen LogP contribution in [0, 0.1) is 0 Å². The quantitative estimate of drug-likeness (QED) is 0.423. The van der Waals surface area contributed by atoms with Crippen LogP contribution in [-0.2, 0) is 24.3 Å². The molecule has 4 rings (SSSR count). The molecule has 31 heavy (non-hydrogen) atoms. The maximum atomic E-state index is 12.9. The highest BCUT2D eigenvalue weighted by Gasteiger charge is 2.43. The van der Waals surface area contributed by atoms with Crippen molar-refractivity contribution in [3.05, 3.63) is 12.1 Å². The van der Waals surface area contributed by atoms with Gasteiger partial charge in [0.05, 0.1) is 19.6 Å². The van der Waals surface area contributed by atoms with E-state index in [1.165, 1.54) is 17.7 Å². The Morgan fingerprint density at radius 1 is 1.29 bits per heavy atom. The third kappa shape index (κ3) is 4.75. The van der Waals surface area contributed by atoms with Gasteiger partial charge in [0.2, 0.25) is 21.8 Å². The molecule has 0 aromatic rings. The lowest BCUT2D eigenvalue weighted by Gasteiger charge is -2.42. The van der Waals surface area contributed by atoms with Crippen molar-refractivity contribution in [1.82, 2.24) is 19.8 Å². The highest BCUT2D eigenvalue weighted by Crippen LogP contribution is 2.24. The van der Waals surface area contributed by atoms with Gasteiger partial charge in [-0.2, -0.15) is 0 Å². The minimum atomic E-state index is -3.22. The summed E-state index contributed by atoms with van der Waals surface area (Å²) in [6, 6.07) is -0.0207. The Labute approximate surface area is 181 Å². The Kier molecular flexibility index (Phi) is 6.05. The molecule has 0 aliphatic carbocycles. The molecule has 4 N–H and O–H groups in total. The number of methoxy groups -OCH3 is 1. The number of amides is 1. The van der Waals surface area contributed by atoms with Gasteiger partial charge in [-0.25, -0.2) is 22.7 Å². The Hall–Kier alpha value is -2.06. The van der Waals surface area contributed by atoms with Crippen molar-refractivity contribution in [2.24, 2.45) is 15.7 Å². The number of rotatable bonds is 5. The zero-order valence-electron chi connectivity index (χ0n) is 17.7. The van der Waals surface area contributed by atoms with Crippen LogP contribution < -0.4 is 16.4 Å². The lowest BCUT2D eigenvalue weighted by Crippen LogP contribution is -2.72. The van der Waals surface area contributed by atoms with E-state index in [-0.39, 0.29) is 17.8 Å². The van der Waals surface area contributed by atoms with E-state index in [2.05, 4.69) is 20.6 Å². The van der Waals surface area contributed by atoms with E-state index in [9.17, 15) is 13.2 Å². The molecule has 4 aliphatic rings. The van der Waals surface area contributed by atoms with Gasteiger partial charge >= 0.3 is 0 Å². The highest BCUT2D eigenvalue weighted by molar-refractivity contribution is 7.88. The lowest BCUT2D eigenvalue weighted by molar-refractivity contribution is -0.117. The van der Waals surface area contributed by atoms with Crippen molar-refractivity contribution >= 4 is 27.5 Å². The second kappa shape index (κ2) is 8.47. The number of nitrogens with two attached hydrogens (primary N) is 1. The van der Waals surface area contributed by atoms with Crippen molar-refractivity contribution in [3.63, 3.8) is 0 Å². The van der Waals surface area contributed by atoms with Crippen LogP contribution in [0.5, 0.6) is 0 Å². The second-order valence-electron chi connectivity index (χ2n) is 8.12. The van der Waals surface area contributed by atoms with E-state index in [1.54, 1.807) is 6.20 Å². The molecule has 0 aromatic heterocycles. The monoisotopic (exact) mass is 455 g/mol. The minimum Gasteiger partial charge on any atom is -0.480 e. The normalized spacial score (nSPS) is 28.9. The third-order valence-electron chi connectivity index (χ3n) is 5.87. The predicted octanol–water partition coefficient (Wildman–Crippen LogP) is -1.52. The number of nitrogens with one attached hydrogen (secondary N) is 2. The van der Waals surface area contributed by atoms with Crippen LogP contribution in [0.3, 0.4) is 0 Å². The number of hydrogen-bond acceptors (Lipinski definition) is 10. The van der Waals surface area contributed by atoms with Gasteiger partial charge in [0.15, 0.2) is 11.5 Å². The van der Waals surface area contributed by atoms with Crippen LogP contribution in [0.25, 0.3) is 0 Å². The molecule has 172 valence electrons. The molecule has 1 atom stereocenters. The van der Waals surface area contributed by atoms with Crippen molar-refractivity contribution in [2.75, 3.05) is 39.7 Å². The van der Waals surface area contributed by atoms with Gasteiger partial charge in [-0.05, 0) is 25.7 Å². The molecule has 0 aromatic carbocycles. The van der Waals surface area contributed by atoms with Gasteiger partial charge in [-0.3, -0.25) is 15.8 Å². The first-order valence-corrected chi connectivity index (χ1v) is 12.2. The molecule has 0 radical (unpaired) electrons. The Bertz CT molecular complexity index is 920. The second-order valence-corrected chi connectivity index (χ2v) is 10.1. The van der Waals surface area contributed by atoms with E-state index < -0.39 is 21.8 Å². The summed E-state index contributed by atoms with van der Waals surface area (Å²) >= 11 is 0. The smallest absolute Gasteiger partial charge is 0.277 e. The molecule has 2 saturated heterocycles. The standard InChI is InChI=1S/C18H29N7O5S/c1-29-14-11-25(13-5-9-30-10-6-13)16-15(20-14)17(26)23-18(19,22-16)21-12-3-7-24(8-4-12)31(2,27)28/h11-13,21H,3-10,19H2,1-2H3,(H,23,26). The average molecular weight is 456 g/mol. The van der Waals surface area contributed by atoms with E-state index >= 15 is 0 Å². The Morgan fingerprint density at radius 2 is 1.97 bits per heavy atom. The number of fused-ring (bicyclic) bond motifs is 1. The molecule has 4 aliphatic heterocycles. The van der Waals surface area contributed by atoms with E-state index in [1.807, 2.05) is 4.90 Å². The fourth-order valence-corrected chi connectivity index (χ4v) is 5.11. The lowest BCUT2D eigenvalue weighted by atomic mass is 10.0. The molecule has 0 spiro atoms. The summed E-state index contributed by atoms with van der Waals surface area (Å²) in [5.74, 6) is -1.26. The fourth-order valence-electron chi connectivity index (χ4n) is 4.23. The van der Waals surface area contributed by atoms with Crippen molar-refractivity contribution in [3.8, 4) is 0 Å². The zero-order valence-corrected chi connectivity index (χ0v) is 18.5. The van der Waals surface area contributed by atoms with Crippen LogP contribution in [-0.4, -0.2) is 92.7 Å². The minimum absolute atomic E-state index is 0.0799. The zero-order chi connectivity index (χ0) is 22.2. The maximum Gasteiger partial charge on any atom is 0.277 e. The number of hydrogen-bond donors (Lipinski definition) is 3.